The molecular weight excluding hydrogens is 224 g/mol. The van der Waals surface area contributed by atoms with Crippen molar-refractivity contribution in [1.29, 1.82) is 0 Å². The van der Waals surface area contributed by atoms with Crippen molar-refractivity contribution in [3.8, 4) is 0 Å². The molecule has 0 fully saturated rings. The summed E-state index contributed by atoms with van der Waals surface area (Å²) in [7, 11) is 0. The van der Waals surface area contributed by atoms with Crippen LogP contribution in [-0.2, 0) is 6.54 Å². The molecule has 0 aliphatic carbocycles. The van der Waals surface area contributed by atoms with Crippen LogP contribution in [0.3, 0.4) is 0 Å². The maximum atomic E-state index is 5.66. The average molecular weight is 252 g/mol. The molecule has 2 N–H and O–H groups in total. The molecule has 0 amide bonds. The van der Waals surface area contributed by atoms with Gasteiger partial charge in [-0.25, -0.2) is 0 Å². The van der Waals surface area contributed by atoms with Crippen LogP contribution in [0.2, 0.25) is 0 Å². The quantitative estimate of drug-likeness (QED) is 0.734. The molecule has 0 saturated carbocycles. The highest BCUT2D eigenvalue weighted by Crippen LogP contribution is 2.10. The molecule has 0 saturated heterocycles. The van der Waals surface area contributed by atoms with Gasteiger partial charge in [0.25, 0.3) is 0 Å². The van der Waals surface area contributed by atoms with Crippen molar-refractivity contribution >= 4 is 0 Å². The topological polar surface area (TPSA) is 47.1 Å². The summed E-state index contributed by atoms with van der Waals surface area (Å²) in [6, 6.07) is 2.61. The van der Waals surface area contributed by atoms with E-state index in [1.807, 2.05) is 0 Å². The van der Waals surface area contributed by atoms with E-state index in [-0.39, 0.29) is 0 Å². The number of nitrogens with two attached hydrogens (primary N) is 1. The van der Waals surface area contributed by atoms with E-state index in [2.05, 4.69) is 47.7 Å². The van der Waals surface area contributed by atoms with Crippen LogP contribution in [0.25, 0.3) is 0 Å². The lowest BCUT2D eigenvalue weighted by Gasteiger charge is -2.20. The zero-order valence-corrected chi connectivity index (χ0v) is 12.1. The lowest BCUT2D eigenvalue weighted by Crippen LogP contribution is -2.30. The lowest BCUT2D eigenvalue weighted by atomic mass is 10.3. The fourth-order valence-corrected chi connectivity index (χ4v) is 1.96. The van der Waals surface area contributed by atoms with Crippen molar-refractivity contribution < 1.29 is 0 Å². The molecule has 104 valence electrons. The molecule has 1 rings (SSSR count). The standard InChI is InChI=1S/C14H28N4/c1-4-6-9-17(11-8-15)12-14-7-10-18(16-14)13(3)5-2/h7,10,13H,4-6,8-9,11-12,15H2,1-3H3. The van der Waals surface area contributed by atoms with Crippen molar-refractivity contribution in [2.75, 3.05) is 19.6 Å². The Balaban J connectivity index is 2.54. The van der Waals surface area contributed by atoms with Gasteiger partial charge in [0.05, 0.1) is 5.69 Å². The van der Waals surface area contributed by atoms with E-state index in [1.165, 1.54) is 12.8 Å². The zero-order chi connectivity index (χ0) is 13.4. The van der Waals surface area contributed by atoms with Gasteiger partial charge in [-0.3, -0.25) is 9.58 Å². The summed E-state index contributed by atoms with van der Waals surface area (Å²) in [4.78, 5) is 2.40. The van der Waals surface area contributed by atoms with Crippen molar-refractivity contribution in [3.63, 3.8) is 0 Å². The van der Waals surface area contributed by atoms with Gasteiger partial charge in [0.1, 0.15) is 0 Å². The minimum absolute atomic E-state index is 0.484. The first-order valence-electron chi connectivity index (χ1n) is 7.17. The Kier molecular flexibility index (Phi) is 6.98. The maximum Gasteiger partial charge on any atom is 0.0764 e. The van der Waals surface area contributed by atoms with Crippen LogP contribution in [0, 0.1) is 0 Å². The fourth-order valence-electron chi connectivity index (χ4n) is 1.96. The van der Waals surface area contributed by atoms with Crippen molar-refractivity contribution in [2.45, 2.75) is 52.6 Å². The molecule has 1 aromatic heterocycles. The predicted molar refractivity (Wildman–Crippen MR) is 76.5 cm³/mol. The molecule has 0 spiro atoms. The van der Waals surface area contributed by atoms with Crippen LogP contribution < -0.4 is 5.73 Å². The van der Waals surface area contributed by atoms with Gasteiger partial charge in [0.15, 0.2) is 0 Å². The molecule has 1 unspecified atom stereocenters. The van der Waals surface area contributed by atoms with Gasteiger partial charge in [-0.1, -0.05) is 20.3 Å². The molecule has 1 aromatic rings. The Labute approximate surface area is 111 Å². The number of unbranched alkanes of at least 4 members (excludes halogenated alkanes) is 1. The van der Waals surface area contributed by atoms with Crippen LogP contribution in [0.1, 0.15) is 51.8 Å². The van der Waals surface area contributed by atoms with Gasteiger partial charge in [-0.05, 0) is 32.4 Å². The molecular formula is C14H28N4. The van der Waals surface area contributed by atoms with Crippen LogP contribution in [-0.4, -0.2) is 34.3 Å². The van der Waals surface area contributed by atoms with Gasteiger partial charge in [0, 0.05) is 31.9 Å². The molecule has 0 aliphatic rings. The molecule has 0 radical (unpaired) electrons. The minimum atomic E-state index is 0.484. The number of hydrogen-bond donors (Lipinski definition) is 1. The van der Waals surface area contributed by atoms with Gasteiger partial charge in [-0.2, -0.15) is 5.10 Å². The Morgan fingerprint density at radius 1 is 1.39 bits per heavy atom. The highest BCUT2D eigenvalue weighted by atomic mass is 15.3. The van der Waals surface area contributed by atoms with E-state index >= 15 is 0 Å². The number of aromatic nitrogens is 2. The van der Waals surface area contributed by atoms with E-state index in [4.69, 9.17) is 5.73 Å². The normalized spacial score (nSPS) is 13.2. The maximum absolute atomic E-state index is 5.66. The second-order valence-corrected chi connectivity index (χ2v) is 4.96. The van der Waals surface area contributed by atoms with Crippen molar-refractivity contribution in [3.05, 3.63) is 18.0 Å². The van der Waals surface area contributed by atoms with Gasteiger partial charge < -0.3 is 5.73 Å². The Hall–Kier alpha value is -0.870. The first kappa shape index (κ1) is 15.2. The largest absolute Gasteiger partial charge is 0.329 e. The van der Waals surface area contributed by atoms with Gasteiger partial charge >= 0.3 is 0 Å². The Bertz CT molecular complexity index is 321. The number of hydrogen-bond acceptors (Lipinski definition) is 3. The van der Waals surface area contributed by atoms with Crippen LogP contribution in [0.5, 0.6) is 0 Å². The number of rotatable bonds is 9. The Morgan fingerprint density at radius 3 is 2.78 bits per heavy atom. The van der Waals surface area contributed by atoms with E-state index in [9.17, 15) is 0 Å². The smallest absolute Gasteiger partial charge is 0.0764 e. The SMILES string of the molecule is CCCCN(CCN)Cc1ccn(C(C)CC)n1. The number of nitrogens with zero attached hydrogens (tertiary/aromatic N) is 3. The Morgan fingerprint density at radius 2 is 2.17 bits per heavy atom. The molecule has 0 aromatic carbocycles. The molecule has 1 atom stereocenters. The first-order valence-corrected chi connectivity index (χ1v) is 7.17. The van der Waals surface area contributed by atoms with E-state index < -0.39 is 0 Å². The van der Waals surface area contributed by atoms with Crippen molar-refractivity contribution in [1.82, 2.24) is 14.7 Å². The third-order valence-corrected chi connectivity index (χ3v) is 3.36. The van der Waals surface area contributed by atoms with Crippen molar-refractivity contribution in [2.24, 2.45) is 5.73 Å². The third kappa shape index (κ3) is 4.78. The summed E-state index contributed by atoms with van der Waals surface area (Å²) < 4.78 is 2.07. The lowest BCUT2D eigenvalue weighted by molar-refractivity contribution is 0.264. The summed E-state index contributed by atoms with van der Waals surface area (Å²) in [6.45, 7) is 10.3. The fraction of sp³-hybridized carbons (Fsp3) is 0.786. The molecule has 4 heteroatoms. The van der Waals surface area contributed by atoms with Gasteiger partial charge in [-0.15, -0.1) is 0 Å². The van der Waals surface area contributed by atoms with E-state index in [1.54, 1.807) is 0 Å². The zero-order valence-electron chi connectivity index (χ0n) is 12.1. The third-order valence-electron chi connectivity index (χ3n) is 3.36. The van der Waals surface area contributed by atoms with E-state index in [0.717, 1.165) is 38.3 Å². The second-order valence-electron chi connectivity index (χ2n) is 4.96. The first-order chi connectivity index (χ1) is 8.71. The highest BCUT2D eigenvalue weighted by Gasteiger charge is 2.09. The summed E-state index contributed by atoms with van der Waals surface area (Å²) in [5, 5.41) is 4.65. The van der Waals surface area contributed by atoms with Gasteiger partial charge in [0.2, 0.25) is 0 Å². The minimum Gasteiger partial charge on any atom is -0.329 e. The summed E-state index contributed by atoms with van der Waals surface area (Å²) in [5.41, 5.74) is 6.82. The van der Waals surface area contributed by atoms with Crippen LogP contribution >= 0.6 is 0 Å². The predicted octanol–water partition coefficient (Wildman–Crippen LogP) is 2.41. The molecule has 1 heterocycles. The molecule has 0 aliphatic heterocycles. The van der Waals surface area contributed by atoms with E-state index in [0.29, 0.717) is 6.04 Å². The van der Waals surface area contributed by atoms with Crippen LogP contribution in [0.4, 0.5) is 0 Å². The summed E-state index contributed by atoms with van der Waals surface area (Å²) >= 11 is 0. The summed E-state index contributed by atoms with van der Waals surface area (Å²) in [5.74, 6) is 0. The monoisotopic (exact) mass is 252 g/mol. The second kappa shape index (κ2) is 8.27. The molecule has 18 heavy (non-hydrogen) atoms. The van der Waals surface area contributed by atoms with Crippen LogP contribution in [0.15, 0.2) is 12.3 Å². The average Bonchev–Trinajstić information content (AvgIpc) is 2.83. The summed E-state index contributed by atoms with van der Waals surface area (Å²) in [6.07, 6.45) is 5.65. The molecule has 0 bridgehead atoms. The molecule has 4 nitrogen and oxygen atoms in total. The highest BCUT2D eigenvalue weighted by molar-refractivity contribution is 4.99.